The molecule has 30 heavy (non-hydrogen) atoms. The van der Waals surface area contributed by atoms with Crippen molar-refractivity contribution in [2.24, 2.45) is 0 Å². The Bertz CT molecular complexity index is 1050. The summed E-state index contributed by atoms with van der Waals surface area (Å²) in [5.74, 6) is -0.634. The summed E-state index contributed by atoms with van der Waals surface area (Å²) in [6, 6.07) is 17.6. The number of aryl methyl sites for hydroxylation is 1. The Morgan fingerprint density at radius 1 is 0.967 bits per heavy atom. The molecule has 0 unspecified atom stereocenters. The van der Waals surface area contributed by atoms with Gasteiger partial charge in [0, 0.05) is 17.9 Å². The van der Waals surface area contributed by atoms with Gasteiger partial charge in [0.15, 0.2) is 0 Å². The third-order valence-electron chi connectivity index (χ3n) is 5.29. The van der Waals surface area contributed by atoms with Crippen LogP contribution >= 0.6 is 0 Å². The molecule has 0 saturated heterocycles. The zero-order valence-electron chi connectivity index (χ0n) is 18.0. The Kier molecular flexibility index (Phi) is 6.72. The second-order valence-electron chi connectivity index (χ2n) is 7.19. The normalized spacial score (nSPS) is 10.7. The number of carbonyl (C=O) groups is 2. The van der Waals surface area contributed by atoms with Crippen LogP contribution < -0.4 is 5.32 Å². The highest BCUT2D eigenvalue weighted by molar-refractivity contribution is 6.08. The van der Waals surface area contributed by atoms with E-state index in [4.69, 9.17) is 4.74 Å². The molecule has 0 saturated carbocycles. The van der Waals surface area contributed by atoms with Crippen LogP contribution in [-0.2, 0) is 17.7 Å². The molecule has 5 nitrogen and oxygen atoms in total. The molecule has 0 aliphatic carbocycles. The molecular weight excluding hydrogens is 376 g/mol. The fraction of sp³-hybridized carbons (Fsp3) is 0.280. The van der Waals surface area contributed by atoms with Crippen LogP contribution in [0.3, 0.4) is 0 Å². The number of nitrogens with zero attached hydrogens (tertiary/aromatic N) is 1. The molecule has 0 fully saturated rings. The predicted octanol–water partition coefficient (Wildman–Crippen LogP) is 5.14. The summed E-state index contributed by atoms with van der Waals surface area (Å²) in [5.41, 5.74) is 5.21. The van der Waals surface area contributed by atoms with Gasteiger partial charge < -0.3 is 14.6 Å². The molecule has 1 amide bonds. The highest BCUT2D eigenvalue weighted by Crippen LogP contribution is 2.26. The SMILES string of the molecule is CCOC(=O)c1c(C)c(C(=O)Nc2ccccc2CC)c(C)n1Cc1ccccc1. The number of aromatic nitrogens is 1. The van der Waals surface area contributed by atoms with Gasteiger partial charge in [-0.2, -0.15) is 0 Å². The molecule has 0 spiro atoms. The van der Waals surface area contributed by atoms with Gasteiger partial charge >= 0.3 is 5.97 Å². The van der Waals surface area contributed by atoms with E-state index in [0.717, 1.165) is 28.9 Å². The molecule has 0 radical (unpaired) electrons. The van der Waals surface area contributed by atoms with Crippen LogP contribution in [0.25, 0.3) is 0 Å². The number of anilines is 1. The summed E-state index contributed by atoms with van der Waals surface area (Å²) >= 11 is 0. The van der Waals surface area contributed by atoms with E-state index in [2.05, 4.69) is 12.2 Å². The summed E-state index contributed by atoms with van der Waals surface area (Å²) in [5, 5.41) is 3.03. The summed E-state index contributed by atoms with van der Waals surface area (Å²) in [6.45, 7) is 8.27. The molecule has 2 aromatic carbocycles. The molecule has 1 aromatic heterocycles. The van der Waals surface area contributed by atoms with Crippen molar-refractivity contribution in [2.75, 3.05) is 11.9 Å². The van der Waals surface area contributed by atoms with Crippen LogP contribution in [0.15, 0.2) is 54.6 Å². The van der Waals surface area contributed by atoms with Crippen molar-refractivity contribution in [3.05, 3.63) is 88.2 Å². The average molecular weight is 405 g/mol. The number of hydrogen-bond donors (Lipinski definition) is 1. The number of hydrogen-bond acceptors (Lipinski definition) is 3. The fourth-order valence-corrected chi connectivity index (χ4v) is 3.79. The van der Waals surface area contributed by atoms with E-state index in [-0.39, 0.29) is 12.5 Å². The zero-order valence-corrected chi connectivity index (χ0v) is 18.0. The maximum Gasteiger partial charge on any atom is 0.355 e. The quantitative estimate of drug-likeness (QED) is 0.554. The molecular formula is C25H28N2O3. The van der Waals surface area contributed by atoms with E-state index in [1.54, 1.807) is 13.8 Å². The van der Waals surface area contributed by atoms with Gasteiger partial charge in [0.05, 0.1) is 12.2 Å². The number of nitrogens with one attached hydrogen (secondary N) is 1. The van der Waals surface area contributed by atoms with Gasteiger partial charge in [-0.3, -0.25) is 4.79 Å². The van der Waals surface area contributed by atoms with Gasteiger partial charge in [-0.15, -0.1) is 0 Å². The maximum atomic E-state index is 13.2. The third-order valence-corrected chi connectivity index (χ3v) is 5.29. The van der Waals surface area contributed by atoms with Gasteiger partial charge in [0.1, 0.15) is 5.69 Å². The third kappa shape index (κ3) is 4.30. The first-order valence-electron chi connectivity index (χ1n) is 10.3. The lowest BCUT2D eigenvalue weighted by molar-refractivity contribution is 0.0513. The molecule has 3 rings (SSSR count). The lowest BCUT2D eigenvalue weighted by atomic mass is 10.1. The van der Waals surface area contributed by atoms with Crippen molar-refractivity contribution in [1.82, 2.24) is 4.57 Å². The maximum absolute atomic E-state index is 13.2. The van der Waals surface area contributed by atoms with Crippen molar-refractivity contribution in [3.63, 3.8) is 0 Å². The van der Waals surface area contributed by atoms with Crippen molar-refractivity contribution in [1.29, 1.82) is 0 Å². The minimum absolute atomic E-state index is 0.219. The smallest absolute Gasteiger partial charge is 0.355 e. The van der Waals surface area contributed by atoms with Gasteiger partial charge in [0.25, 0.3) is 5.91 Å². The van der Waals surface area contributed by atoms with Crippen LogP contribution in [0, 0.1) is 13.8 Å². The predicted molar refractivity (Wildman–Crippen MR) is 119 cm³/mol. The Hall–Kier alpha value is -3.34. The summed E-state index contributed by atoms with van der Waals surface area (Å²) in [4.78, 5) is 26.0. The summed E-state index contributed by atoms with van der Waals surface area (Å²) in [7, 11) is 0. The lowest BCUT2D eigenvalue weighted by Gasteiger charge is -2.12. The fourth-order valence-electron chi connectivity index (χ4n) is 3.79. The minimum Gasteiger partial charge on any atom is -0.461 e. The summed E-state index contributed by atoms with van der Waals surface area (Å²) in [6.07, 6.45) is 0.817. The van der Waals surface area contributed by atoms with E-state index < -0.39 is 5.97 Å². The first-order valence-corrected chi connectivity index (χ1v) is 10.3. The number of esters is 1. The molecule has 0 aliphatic heterocycles. The molecule has 0 aliphatic rings. The highest BCUT2D eigenvalue weighted by Gasteiger charge is 2.27. The minimum atomic E-state index is -0.415. The number of ether oxygens (including phenoxy) is 1. The lowest BCUT2D eigenvalue weighted by Crippen LogP contribution is -2.15. The Morgan fingerprint density at radius 2 is 1.63 bits per heavy atom. The number of para-hydroxylation sites is 1. The standard InChI is InChI=1S/C25H28N2O3/c1-5-20-14-10-11-15-21(20)26-24(28)22-17(3)23(25(29)30-6-2)27(18(22)4)16-19-12-8-7-9-13-19/h7-15H,5-6,16H2,1-4H3,(H,26,28). The first-order chi connectivity index (χ1) is 14.5. The monoisotopic (exact) mass is 404 g/mol. The van der Waals surface area contributed by atoms with Crippen LogP contribution in [0.2, 0.25) is 0 Å². The Morgan fingerprint density at radius 3 is 2.30 bits per heavy atom. The van der Waals surface area contributed by atoms with Crippen LogP contribution in [0.1, 0.15) is 57.1 Å². The first kappa shape index (κ1) is 21.4. The van der Waals surface area contributed by atoms with Crippen LogP contribution in [-0.4, -0.2) is 23.1 Å². The molecule has 156 valence electrons. The van der Waals surface area contributed by atoms with Gasteiger partial charge in [-0.25, -0.2) is 4.79 Å². The van der Waals surface area contributed by atoms with Gasteiger partial charge in [-0.05, 0) is 49.9 Å². The Labute approximate surface area is 177 Å². The number of carbonyl (C=O) groups excluding carboxylic acids is 2. The van der Waals surface area contributed by atoms with E-state index in [9.17, 15) is 9.59 Å². The van der Waals surface area contributed by atoms with Crippen molar-refractivity contribution >= 4 is 17.6 Å². The number of rotatable bonds is 7. The molecule has 0 bridgehead atoms. The number of benzene rings is 2. The van der Waals surface area contributed by atoms with Crippen molar-refractivity contribution in [3.8, 4) is 0 Å². The molecule has 1 heterocycles. The van der Waals surface area contributed by atoms with E-state index >= 15 is 0 Å². The average Bonchev–Trinajstić information content (AvgIpc) is 2.99. The molecule has 3 aromatic rings. The van der Waals surface area contributed by atoms with Crippen LogP contribution in [0.5, 0.6) is 0 Å². The van der Waals surface area contributed by atoms with E-state index in [0.29, 0.717) is 23.4 Å². The van der Waals surface area contributed by atoms with Gasteiger partial charge in [-0.1, -0.05) is 55.5 Å². The van der Waals surface area contributed by atoms with Gasteiger partial charge in [0.2, 0.25) is 0 Å². The second-order valence-corrected chi connectivity index (χ2v) is 7.19. The molecule has 1 N–H and O–H groups in total. The number of amides is 1. The van der Waals surface area contributed by atoms with E-state index in [1.807, 2.05) is 66.1 Å². The molecule has 5 heteroatoms. The van der Waals surface area contributed by atoms with Crippen LogP contribution in [0.4, 0.5) is 5.69 Å². The zero-order chi connectivity index (χ0) is 21.7. The Balaban J connectivity index is 2.05. The molecule has 0 atom stereocenters. The van der Waals surface area contributed by atoms with E-state index in [1.165, 1.54) is 0 Å². The second kappa shape index (κ2) is 9.44. The topological polar surface area (TPSA) is 60.3 Å². The highest BCUT2D eigenvalue weighted by atomic mass is 16.5. The van der Waals surface area contributed by atoms with Crippen molar-refractivity contribution in [2.45, 2.75) is 40.7 Å². The van der Waals surface area contributed by atoms with Crippen molar-refractivity contribution < 1.29 is 14.3 Å². The summed E-state index contributed by atoms with van der Waals surface area (Å²) < 4.78 is 7.18. The largest absolute Gasteiger partial charge is 0.461 e.